The van der Waals surface area contributed by atoms with Crippen LogP contribution in [0.3, 0.4) is 0 Å². The van der Waals surface area contributed by atoms with E-state index < -0.39 is 11.9 Å². The molecule has 1 unspecified atom stereocenters. The zero-order chi connectivity index (χ0) is 22.1. The van der Waals surface area contributed by atoms with E-state index in [2.05, 4.69) is 12.2 Å². The Hall–Kier alpha value is -2.89. The number of nitrogens with one attached hydrogen (secondary N) is 1. The molecule has 0 aliphatic heterocycles. The Balaban J connectivity index is 2.12. The van der Waals surface area contributed by atoms with Crippen LogP contribution in [0.1, 0.15) is 38.8 Å². The Bertz CT molecular complexity index is 837. The van der Waals surface area contributed by atoms with Crippen molar-refractivity contribution >= 4 is 11.8 Å². The minimum atomic E-state index is -0.762. The number of halogens is 1. The number of carbonyl (C=O) groups is 2. The molecule has 0 heterocycles. The van der Waals surface area contributed by atoms with Crippen LogP contribution in [0, 0.1) is 11.7 Å². The Labute approximate surface area is 178 Å². The monoisotopic (exact) mass is 414 g/mol. The molecule has 5 nitrogen and oxygen atoms in total. The molecule has 6 heteroatoms. The van der Waals surface area contributed by atoms with Crippen LogP contribution in [0.5, 0.6) is 5.75 Å². The lowest BCUT2D eigenvalue weighted by molar-refractivity contribution is -0.142. The van der Waals surface area contributed by atoms with E-state index in [1.54, 1.807) is 25.1 Å². The van der Waals surface area contributed by atoms with Crippen LogP contribution in [-0.4, -0.2) is 35.9 Å². The van der Waals surface area contributed by atoms with Crippen molar-refractivity contribution in [3.63, 3.8) is 0 Å². The Morgan fingerprint density at radius 2 is 1.73 bits per heavy atom. The second-order valence-corrected chi connectivity index (χ2v) is 7.71. The van der Waals surface area contributed by atoms with Crippen LogP contribution >= 0.6 is 0 Å². The molecular weight excluding hydrogens is 383 g/mol. The molecule has 2 amide bonds. The number of amides is 2. The summed E-state index contributed by atoms with van der Waals surface area (Å²) in [5.41, 5.74) is 1.52. The second kappa shape index (κ2) is 11.3. The highest BCUT2D eigenvalue weighted by molar-refractivity contribution is 5.87. The molecule has 0 spiro atoms. The van der Waals surface area contributed by atoms with Gasteiger partial charge in [0.05, 0.1) is 0 Å². The molecule has 2 rings (SSSR count). The van der Waals surface area contributed by atoms with Crippen LogP contribution in [0.25, 0.3) is 0 Å². The van der Waals surface area contributed by atoms with Crippen LogP contribution in [-0.2, 0) is 22.6 Å². The van der Waals surface area contributed by atoms with Crippen molar-refractivity contribution in [3.8, 4) is 5.75 Å². The Morgan fingerprint density at radius 1 is 1.07 bits per heavy atom. The standard InChI is InChI=1S/C24H31FN2O3/c1-5-19-10-12-21(13-11-19)30-16-23(28)27(15-20-8-6-7-9-22(20)25)18(4)24(29)26-14-17(2)3/h6-13,17-18H,5,14-16H2,1-4H3,(H,26,29). The summed E-state index contributed by atoms with van der Waals surface area (Å²) in [6, 6.07) is 13.0. The highest BCUT2D eigenvalue weighted by atomic mass is 19.1. The summed E-state index contributed by atoms with van der Waals surface area (Å²) in [6.07, 6.45) is 0.915. The number of ether oxygens (including phenoxy) is 1. The summed E-state index contributed by atoms with van der Waals surface area (Å²) in [5, 5.41) is 2.84. The first kappa shape index (κ1) is 23.4. The van der Waals surface area contributed by atoms with Crippen molar-refractivity contribution in [2.24, 2.45) is 5.92 Å². The fraction of sp³-hybridized carbons (Fsp3) is 0.417. The summed E-state index contributed by atoms with van der Waals surface area (Å²) in [4.78, 5) is 26.9. The summed E-state index contributed by atoms with van der Waals surface area (Å²) >= 11 is 0. The third-order valence-corrected chi connectivity index (χ3v) is 4.84. The minimum Gasteiger partial charge on any atom is -0.484 e. The molecule has 0 radical (unpaired) electrons. The van der Waals surface area contributed by atoms with Gasteiger partial charge in [-0.05, 0) is 43.0 Å². The van der Waals surface area contributed by atoms with Gasteiger partial charge in [0.25, 0.3) is 5.91 Å². The van der Waals surface area contributed by atoms with Crippen molar-refractivity contribution in [2.45, 2.75) is 46.7 Å². The average Bonchev–Trinajstić information content (AvgIpc) is 2.75. The lowest BCUT2D eigenvalue weighted by Gasteiger charge is -2.29. The van der Waals surface area contributed by atoms with E-state index in [1.165, 1.54) is 16.5 Å². The zero-order valence-electron chi connectivity index (χ0n) is 18.2. The first-order valence-corrected chi connectivity index (χ1v) is 10.3. The largest absolute Gasteiger partial charge is 0.484 e. The fourth-order valence-electron chi connectivity index (χ4n) is 2.89. The molecule has 2 aromatic carbocycles. The summed E-state index contributed by atoms with van der Waals surface area (Å²) in [7, 11) is 0. The van der Waals surface area contributed by atoms with E-state index in [4.69, 9.17) is 4.74 Å². The van der Waals surface area contributed by atoms with Crippen molar-refractivity contribution in [2.75, 3.05) is 13.2 Å². The first-order valence-electron chi connectivity index (χ1n) is 10.3. The topological polar surface area (TPSA) is 58.6 Å². The minimum absolute atomic E-state index is 0.0140. The maximum Gasteiger partial charge on any atom is 0.261 e. The lowest BCUT2D eigenvalue weighted by atomic mass is 10.1. The molecule has 0 aromatic heterocycles. The average molecular weight is 415 g/mol. The molecule has 0 saturated carbocycles. The first-order chi connectivity index (χ1) is 14.3. The van der Waals surface area contributed by atoms with Gasteiger partial charge in [0.2, 0.25) is 5.91 Å². The maximum absolute atomic E-state index is 14.2. The summed E-state index contributed by atoms with van der Waals surface area (Å²) in [6.45, 7) is 7.94. The number of hydrogen-bond donors (Lipinski definition) is 1. The van der Waals surface area contributed by atoms with Gasteiger partial charge in [0.15, 0.2) is 6.61 Å². The molecule has 0 aliphatic carbocycles. The Kier molecular flexibility index (Phi) is 8.84. The van der Waals surface area contributed by atoms with Crippen LogP contribution in [0.15, 0.2) is 48.5 Å². The van der Waals surface area contributed by atoms with E-state index in [1.807, 2.05) is 38.1 Å². The molecule has 30 heavy (non-hydrogen) atoms. The van der Waals surface area contributed by atoms with Gasteiger partial charge in [-0.15, -0.1) is 0 Å². The molecular formula is C24H31FN2O3. The number of hydrogen-bond acceptors (Lipinski definition) is 3. The number of nitrogens with zero attached hydrogens (tertiary/aromatic N) is 1. The van der Waals surface area contributed by atoms with Crippen LogP contribution in [0.4, 0.5) is 4.39 Å². The van der Waals surface area contributed by atoms with Crippen molar-refractivity contribution in [3.05, 3.63) is 65.5 Å². The molecule has 0 aliphatic rings. The third kappa shape index (κ3) is 6.87. The number of carbonyl (C=O) groups excluding carboxylic acids is 2. The van der Waals surface area contributed by atoms with Gasteiger partial charge in [-0.25, -0.2) is 4.39 Å². The molecule has 162 valence electrons. The van der Waals surface area contributed by atoms with E-state index in [9.17, 15) is 14.0 Å². The van der Waals surface area contributed by atoms with Gasteiger partial charge >= 0.3 is 0 Å². The number of benzene rings is 2. The van der Waals surface area contributed by atoms with Gasteiger partial charge < -0.3 is 15.0 Å². The Morgan fingerprint density at radius 3 is 2.33 bits per heavy atom. The van der Waals surface area contributed by atoms with Gasteiger partial charge in [-0.2, -0.15) is 0 Å². The van der Waals surface area contributed by atoms with Crippen molar-refractivity contribution in [1.29, 1.82) is 0 Å². The van der Waals surface area contributed by atoms with E-state index in [0.717, 1.165) is 6.42 Å². The smallest absolute Gasteiger partial charge is 0.261 e. The quantitative estimate of drug-likeness (QED) is 0.640. The summed E-state index contributed by atoms with van der Waals surface area (Å²) < 4.78 is 19.8. The lowest BCUT2D eigenvalue weighted by Crippen LogP contribution is -2.49. The van der Waals surface area contributed by atoms with Gasteiger partial charge in [-0.1, -0.05) is 51.1 Å². The van der Waals surface area contributed by atoms with Gasteiger partial charge in [0.1, 0.15) is 17.6 Å². The third-order valence-electron chi connectivity index (χ3n) is 4.84. The number of rotatable bonds is 10. The normalized spacial score (nSPS) is 11.8. The molecule has 2 aromatic rings. The molecule has 0 fully saturated rings. The zero-order valence-corrected chi connectivity index (χ0v) is 18.2. The summed E-state index contributed by atoms with van der Waals surface area (Å²) in [5.74, 6) is -0.221. The maximum atomic E-state index is 14.2. The highest BCUT2D eigenvalue weighted by Crippen LogP contribution is 2.16. The van der Waals surface area contributed by atoms with E-state index in [-0.39, 0.29) is 30.9 Å². The fourth-order valence-corrected chi connectivity index (χ4v) is 2.89. The SMILES string of the molecule is CCc1ccc(OCC(=O)N(Cc2ccccc2F)C(C)C(=O)NCC(C)C)cc1. The van der Waals surface area contributed by atoms with E-state index >= 15 is 0 Å². The highest BCUT2D eigenvalue weighted by Gasteiger charge is 2.27. The van der Waals surface area contributed by atoms with Gasteiger partial charge in [-0.3, -0.25) is 9.59 Å². The van der Waals surface area contributed by atoms with Crippen molar-refractivity contribution in [1.82, 2.24) is 10.2 Å². The van der Waals surface area contributed by atoms with Crippen LogP contribution in [0.2, 0.25) is 0 Å². The predicted molar refractivity (Wildman–Crippen MR) is 116 cm³/mol. The number of aryl methyl sites for hydroxylation is 1. The second-order valence-electron chi connectivity index (χ2n) is 7.71. The molecule has 1 N–H and O–H groups in total. The van der Waals surface area contributed by atoms with Crippen LogP contribution < -0.4 is 10.1 Å². The van der Waals surface area contributed by atoms with Crippen molar-refractivity contribution < 1.29 is 18.7 Å². The predicted octanol–water partition coefficient (Wildman–Crippen LogP) is 3.96. The van der Waals surface area contributed by atoms with E-state index in [0.29, 0.717) is 17.9 Å². The molecule has 0 saturated heterocycles. The van der Waals surface area contributed by atoms with Gasteiger partial charge in [0, 0.05) is 18.7 Å². The molecule has 1 atom stereocenters. The molecule has 0 bridgehead atoms.